The molecule has 100 valence electrons. The molecule has 1 N–H and O–H groups in total. The zero-order valence-electron chi connectivity index (χ0n) is 11.5. The predicted octanol–water partition coefficient (Wildman–Crippen LogP) is 3.23. The van der Waals surface area contributed by atoms with Crippen LogP contribution < -0.4 is 0 Å². The molecule has 1 unspecified atom stereocenters. The van der Waals surface area contributed by atoms with E-state index in [1.807, 2.05) is 0 Å². The molecule has 2 rings (SSSR count). The summed E-state index contributed by atoms with van der Waals surface area (Å²) in [6.45, 7) is 0. The van der Waals surface area contributed by atoms with Gasteiger partial charge < -0.3 is 10.0 Å². The third kappa shape index (κ3) is 3.12. The summed E-state index contributed by atoms with van der Waals surface area (Å²) in [5.41, 5.74) is 1.33. The third-order valence-electron chi connectivity index (χ3n) is 4.13. The Morgan fingerprint density at radius 2 is 1.72 bits per heavy atom. The third-order valence-corrected chi connectivity index (χ3v) is 4.13. The van der Waals surface area contributed by atoms with Crippen LogP contribution in [0.4, 0.5) is 0 Å². The number of benzene rings is 1. The zero-order chi connectivity index (χ0) is 13.0. The van der Waals surface area contributed by atoms with Crippen LogP contribution >= 0.6 is 0 Å². The van der Waals surface area contributed by atoms with Crippen molar-refractivity contribution in [1.82, 2.24) is 4.90 Å². The van der Waals surface area contributed by atoms with Gasteiger partial charge in [0.15, 0.2) is 0 Å². The van der Waals surface area contributed by atoms with Gasteiger partial charge in [-0.1, -0.05) is 49.6 Å². The van der Waals surface area contributed by atoms with Crippen LogP contribution in [0, 0.1) is 5.92 Å². The topological polar surface area (TPSA) is 23.5 Å². The van der Waals surface area contributed by atoms with Gasteiger partial charge in [0.2, 0.25) is 0 Å². The Morgan fingerprint density at radius 1 is 1.06 bits per heavy atom. The summed E-state index contributed by atoms with van der Waals surface area (Å²) in [4.78, 5) is 2.26. The molecule has 1 aliphatic carbocycles. The molecule has 1 fully saturated rings. The van der Waals surface area contributed by atoms with E-state index in [9.17, 15) is 5.11 Å². The van der Waals surface area contributed by atoms with Crippen molar-refractivity contribution in [2.75, 3.05) is 14.1 Å². The lowest BCUT2D eigenvalue weighted by atomic mass is 9.84. The van der Waals surface area contributed by atoms with E-state index >= 15 is 0 Å². The van der Waals surface area contributed by atoms with Crippen molar-refractivity contribution in [3.8, 4) is 0 Å². The van der Waals surface area contributed by atoms with E-state index in [1.54, 1.807) is 0 Å². The lowest BCUT2D eigenvalue weighted by Crippen LogP contribution is -2.34. The molecule has 0 spiro atoms. The van der Waals surface area contributed by atoms with Gasteiger partial charge >= 0.3 is 0 Å². The van der Waals surface area contributed by atoms with Gasteiger partial charge in [-0.2, -0.15) is 0 Å². The zero-order valence-corrected chi connectivity index (χ0v) is 11.5. The van der Waals surface area contributed by atoms with Gasteiger partial charge in [-0.05, 0) is 32.5 Å². The van der Waals surface area contributed by atoms with E-state index in [-0.39, 0.29) is 6.10 Å². The molecule has 0 saturated heterocycles. The highest BCUT2D eigenvalue weighted by Crippen LogP contribution is 2.36. The maximum Gasteiger partial charge on any atom is 0.0586 e. The fourth-order valence-electron chi connectivity index (χ4n) is 3.26. The maximum absolute atomic E-state index is 10.4. The molecule has 1 aromatic carbocycles. The molecule has 0 heterocycles. The molecule has 18 heavy (non-hydrogen) atoms. The number of hydrogen-bond acceptors (Lipinski definition) is 2. The van der Waals surface area contributed by atoms with Crippen molar-refractivity contribution in [3.63, 3.8) is 0 Å². The van der Waals surface area contributed by atoms with Gasteiger partial charge in [-0.3, -0.25) is 0 Å². The van der Waals surface area contributed by atoms with Gasteiger partial charge in [-0.25, -0.2) is 0 Å². The molecule has 1 aromatic rings. The van der Waals surface area contributed by atoms with Gasteiger partial charge in [0, 0.05) is 12.0 Å². The van der Waals surface area contributed by atoms with E-state index in [4.69, 9.17) is 0 Å². The first-order chi connectivity index (χ1) is 8.70. The van der Waals surface area contributed by atoms with Crippen molar-refractivity contribution in [3.05, 3.63) is 35.9 Å². The van der Waals surface area contributed by atoms with Crippen LogP contribution in [0.1, 0.15) is 43.7 Å². The van der Waals surface area contributed by atoms with Crippen molar-refractivity contribution in [2.24, 2.45) is 5.92 Å². The number of nitrogens with zero attached hydrogens (tertiary/aromatic N) is 1. The SMILES string of the molecule is CN(C)C(c1ccccc1)[C@H]1CCCCC[C@H]1O. The number of rotatable bonds is 3. The van der Waals surface area contributed by atoms with Crippen LogP contribution in [0.2, 0.25) is 0 Å². The minimum atomic E-state index is -0.153. The fraction of sp³-hybridized carbons (Fsp3) is 0.625. The first-order valence-electron chi connectivity index (χ1n) is 7.09. The lowest BCUT2D eigenvalue weighted by Gasteiger charge is -2.35. The van der Waals surface area contributed by atoms with Crippen molar-refractivity contribution >= 4 is 0 Å². The van der Waals surface area contributed by atoms with Gasteiger partial charge in [0.05, 0.1) is 6.10 Å². The monoisotopic (exact) mass is 247 g/mol. The second kappa shape index (κ2) is 6.35. The van der Waals surface area contributed by atoms with Crippen LogP contribution in [0.15, 0.2) is 30.3 Å². The standard InChI is InChI=1S/C16H25NO/c1-17(2)16(13-9-5-3-6-10-13)14-11-7-4-8-12-15(14)18/h3,5-6,9-10,14-16,18H,4,7-8,11-12H2,1-2H3/t14-,15+,16?/m0/s1. The Hall–Kier alpha value is -0.860. The molecule has 2 nitrogen and oxygen atoms in total. The molecule has 0 aromatic heterocycles. The second-order valence-corrected chi connectivity index (χ2v) is 5.69. The van der Waals surface area contributed by atoms with E-state index in [0.717, 1.165) is 12.8 Å². The van der Waals surface area contributed by atoms with Crippen molar-refractivity contribution in [2.45, 2.75) is 44.2 Å². The van der Waals surface area contributed by atoms with E-state index in [2.05, 4.69) is 49.3 Å². The molecular formula is C16H25NO. The second-order valence-electron chi connectivity index (χ2n) is 5.69. The average molecular weight is 247 g/mol. The normalized spacial score (nSPS) is 26.9. The minimum Gasteiger partial charge on any atom is -0.393 e. The minimum absolute atomic E-state index is 0.153. The first kappa shape index (κ1) is 13.6. The summed E-state index contributed by atoms with van der Waals surface area (Å²) in [6.07, 6.45) is 5.63. The highest BCUT2D eigenvalue weighted by Gasteiger charge is 2.31. The molecular weight excluding hydrogens is 222 g/mol. The highest BCUT2D eigenvalue weighted by atomic mass is 16.3. The molecule has 2 heteroatoms. The number of aliphatic hydroxyl groups excluding tert-OH is 1. The predicted molar refractivity (Wildman–Crippen MR) is 75.5 cm³/mol. The Kier molecular flexibility index (Phi) is 4.79. The van der Waals surface area contributed by atoms with Crippen LogP contribution in [-0.2, 0) is 0 Å². The summed E-state index contributed by atoms with van der Waals surface area (Å²) in [5, 5.41) is 10.4. The highest BCUT2D eigenvalue weighted by molar-refractivity contribution is 5.20. The van der Waals surface area contributed by atoms with E-state index < -0.39 is 0 Å². The van der Waals surface area contributed by atoms with Crippen molar-refractivity contribution < 1.29 is 5.11 Å². The smallest absolute Gasteiger partial charge is 0.0586 e. The van der Waals surface area contributed by atoms with E-state index in [1.165, 1.54) is 24.8 Å². The summed E-state index contributed by atoms with van der Waals surface area (Å²) >= 11 is 0. The maximum atomic E-state index is 10.4. The molecule has 1 saturated carbocycles. The molecule has 0 aliphatic heterocycles. The van der Waals surface area contributed by atoms with Gasteiger partial charge in [0.1, 0.15) is 0 Å². The van der Waals surface area contributed by atoms with Gasteiger partial charge in [0.25, 0.3) is 0 Å². The molecule has 0 radical (unpaired) electrons. The Balaban J connectivity index is 2.23. The summed E-state index contributed by atoms with van der Waals surface area (Å²) in [7, 11) is 4.24. The molecule has 3 atom stereocenters. The average Bonchev–Trinajstić information content (AvgIpc) is 2.56. The number of hydrogen-bond donors (Lipinski definition) is 1. The Bertz CT molecular complexity index is 349. The van der Waals surface area contributed by atoms with Crippen LogP contribution in [-0.4, -0.2) is 30.2 Å². The largest absolute Gasteiger partial charge is 0.393 e. The molecule has 0 bridgehead atoms. The van der Waals surface area contributed by atoms with E-state index in [0.29, 0.717) is 12.0 Å². The Morgan fingerprint density at radius 3 is 2.39 bits per heavy atom. The quantitative estimate of drug-likeness (QED) is 0.829. The molecule has 1 aliphatic rings. The van der Waals surface area contributed by atoms with Crippen LogP contribution in [0.3, 0.4) is 0 Å². The van der Waals surface area contributed by atoms with Crippen molar-refractivity contribution in [1.29, 1.82) is 0 Å². The molecule has 0 amide bonds. The summed E-state index contributed by atoms with van der Waals surface area (Å²) < 4.78 is 0. The van der Waals surface area contributed by atoms with Crippen LogP contribution in [0.25, 0.3) is 0 Å². The number of aliphatic hydroxyl groups is 1. The first-order valence-corrected chi connectivity index (χ1v) is 7.09. The van der Waals surface area contributed by atoms with Gasteiger partial charge in [-0.15, -0.1) is 0 Å². The fourth-order valence-corrected chi connectivity index (χ4v) is 3.26. The Labute approximate surface area is 111 Å². The summed E-state index contributed by atoms with van der Waals surface area (Å²) in [5.74, 6) is 0.366. The van der Waals surface area contributed by atoms with Crippen LogP contribution in [0.5, 0.6) is 0 Å². The summed E-state index contributed by atoms with van der Waals surface area (Å²) in [6, 6.07) is 10.9. The lowest BCUT2D eigenvalue weighted by molar-refractivity contribution is 0.0481.